The quantitative estimate of drug-likeness (QED) is 0.505. The van der Waals surface area contributed by atoms with Crippen molar-refractivity contribution in [1.29, 1.82) is 0 Å². The van der Waals surface area contributed by atoms with Crippen molar-refractivity contribution < 1.29 is 9.59 Å². The van der Waals surface area contributed by atoms with Crippen molar-refractivity contribution in [3.63, 3.8) is 0 Å². The molecule has 6 heteroatoms. The lowest BCUT2D eigenvalue weighted by Gasteiger charge is -2.31. The Morgan fingerprint density at radius 2 is 1.61 bits per heavy atom. The molecule has 0 aromatic heterocycles. The van der Waals surface area contributed by atoms with Crippen LogP contribution in [0.15, 0.2) is 36.4 Å². The van der Waals surface area contributed by atoms with Crippen molar-refractivity contribution in [2.24, 2.45) is 0 Å². The average molecular weight is 463 g/mol. The van der Waals surface area contributed by atoms with Crippen molar-refractivity contribution in [3.8, 4) is 0 Å². The van der Waals surface area contributed by atoms with Gasteiger partial charge in [-0.2, -0.15) is 0 Å². The van der Waals surface area contributed by atoms with Gasteiger partial charge in [-0.1, -0.05) is 61.3 Å². The molecule has 0 spiro atoms. The number of nitrogens with zero attached hydrogens (tertiary/aromatic N) is 1. The minimum atomic E-state index is -0.567. The molecule has 0 fully saturated rings. The summed E-state index contributed by atoms with van der Waals surface area (Å²) in [6.07, 6.45) is 1.57. The van der Waals surface area contributed by atoms with E-state index >= 15 is 0 Å². The van der Waals surface area contributed by atoms with Crippen LogP contribution in [0.5, 0.6) is 0 Å². The highest BCUT2D eigenvalue weighted by Gasteiger charge is 2.29. The minimum absolute atomic E-state index is 0.0447. The number of halogens is 2. The minimum Gasteiger partial charge on any atom is -0.352 e. The maximum absolute atomic E-state index is 13.4. The first-order valence-corrected chi connectivity index (χ1v) is 11.5. The van der Waals surface area contributed by atoms with Gasteiger partial charge in [-0.25, -0.2) is 0 Å². The standard InChI is InChI=1S/C25H32Cl2N2O2/c1-6-18(5)28-25(31)23(7-2)29(15-20-10-11-21(26)22(27)13-20)24(30)14-19-9-8-16(3)17(4)12-19/h8-13,18,23H,6-7,14-15H2,1-5H3,(H,28,31). The van der Waals surface area contributed by atoms with Gasteiger partial charge in [-0.15, -0.1) is 0 Å². The Morgan fingerprint density at radius 3 is 2.19 bits per heavy atom. The van der Waals surface area contributed by atoms with Crippen LogP contribution >= 0.6 is 23.2 Å². The van der Waals surface area contributed by atoms with Crippen molar-refractivity contribution in [1.82, 2.24) is 10.2 Å². The zero-order valence-corrected chi connectivity index (χ0v) is 20.5. The second-order valence-electron chi connectivity index (χ2n) is 8.11. The molecule has 2 unspecified atom stereocenters. The largest absolute Gasteiger partial charge is 0.352 e. The van der Waals surface area contributed by atoms with Gasteiger partial charge in [-0.3, -0.25) is 9.59 Å². The van der Waals surface area contributed by atoms with Crippen LogP contribution in [-0.2, 0) is 22.6 Å². The van der Waals surface area contributed by atoms with E-state index in [-0.39, 0.29) is 30.8 Å². The highest BCUT2D eigenvalue weighted by Crippen LogP contribution is 2.24. The molecule has 1 N–H and O–H groups in total. The molecule has 31 heavy (non-hydrogen) atoms. The Kier molecular flexibility index (Phi) is 9.39. The van der Waals surface area contributed by atoms with Gasteiger partial charge in [0, 0.05) is 12.6 Å². The fraction of sp³-hybridized carbons (Fsp3) is 0.440. The molecule has 0 radical (unpaired) electrons. The van der Waals surface area contributed by atoms with E-state index < -0.39 is 6.04 Å². The van der Waals surface area contributed by atoms with Gasteiger partial charge in [0.2, 0.25) is 11.8 Å². The second-order valence-corrected chi connectivity index (χ2v) is 8.92. The molecule has 4 nitrogen and oxygen atoms in total. The zero-order chi connectivity index (χ0) is 23.1. The van der Waals surface area contributed by atoms with Gasteiger partial charge in [0.1, 0.15) is 6.04 Å². The molecule has 2 rings (SSSR count). The predicted molar refractivity (Wildman–Crippen MR) is 129 cm³/mol. The molecule has 2 amide bonds. The molecule has 0 aliphatic carbocycles. The van der Waals surface area contributed by atoms with Gasteiger partial charge >= 0.3 is 0 Å². The lowest BCUT2D eigenvalue weighted by Crippen LogP contribution is -2.51. The van der Waals surface area contributed by atoms with Gasteiger partial charge in [-0.05, 0) is 68.0 Å². The number of nitrogens with one attached hydrogen (secondary N) is 1. The van der Waals surface area contributed by atoms with E-state index in [0.717, 1.165) is 23.1 Å². The number of rotatable bonds is 9. The van der Waals surface area contributed by atoms with E-state index in [1.165, 1.54) is 5.56 Å². The molecule has 0 saturated carbocycles. The number of benzene rings is 2. The van der Waals surface area contributed by atoms with Gasteiger partial charge in [0.05, 0.1) is 16.5 Å². The Bertz CT molecular complexity index is 930. The van der Waals surface area contributed by atoms with Crippen LogP contribution in [0.3, 0.4) is 0 Å². The van der Waals surface area contributed by atoms with Crippen molar-refractivity contribution in [2.45, 2.75) is 72.5 Å². The summed E-state index contributed by atoms with van der Waals surface area (Å²) < 4.78 is 0. The van der Waals surface area contributed by atoms with Crippen LogP contribution in [0.1, 0.15) is 55.9 Å². The van der Waals surface area contributed by atoms with Crippen LogP contribution in [0.4, 0.5) is 0 Å². The average Bonchev–Trinajstić information content (AvgIpc) is 2.72. The van der Waals surface area contributed by atoms with Crippen LogP contribution in [0.25, 0.3) is 0 Å². The van der Waals surface area contributed by atoms with Crippen LogP contribution in [0, 0.1) is 13.8 Å². The second kappa shape index (κ2) is 11.5. The van der Waals surface area contributed by atoms with Crippen LogP contribution in [0.2, 0.25) is 10.0 Å². The summed E-state index contributed by atoms with van der Waals surface area (Å²) >= 11 is 12.2. The first-order valence-electron chi connectivity index (χ1n) is 10.8. The predicted octanol–water partition coefficient (Wildman–Crippen LogP) is 5.87. The lowest BCUT2D eigenvalue weighted by atomic mass is 10.0. The highest BCUT2D eigenvalue weighted by atomic mass is 35.5. The first kappa shape index (κ1) is 25.2. The Hall–Kier alpha value is -2.04. The molecule has 2 aromatic carbocycles. The fourth-order valence-electron chi connectivity index (χ4n) is 3.38. The van der Waals surface area contributed by atoms with E-state index in [0.29, 0.717) is 16.5 Å². The molecule has 0 heterocycles. The molecular formula is C25H32Cl2N2O2. The van der Waals surface area contributed by atoms with Crippen LogP contribution in [-0.4, -0.2) is 28.8 Å². The van der Waals surface area contributed by atoms with Crippen molar-refractivity contribution >= 4 is 35.0 Å². The molecule has 0 aliphatic rings. The Labute approximate surface area is 195 Å². The Balaban J connectivity index is 2.34. The number of carbonyl (C=O) groups excluding carboxylic acids is 2. The molecule has 0 saturated heterocycles. The monoisotopic (exact) mass is 462 g/mol. The van der Waals surface area contributed by atoms with Gasteiger partial charge in [0.25, 0.3) is 0 Å². The maximum atomic E-state index is 13.4. The van der Waals surface area contributed by atoms with Crippen LogP contribution < -0.4 is 5.32 Å². The summed E-state index contributed by atoms with van der Waals surface area (Å²) in [5, 5.41) is 3.91. The number of hydrogen-bond acceptors (Lipinski definition) is 2. The molecular weight excluding hydrogens is 431 g/mol. The van der Waals surface area contributed by atoms with Crippen molar-refractivity contribution in [2.75, 3.05) is 0 Å². The number of aryl methyl sites for hydroxylation is 2. The molecule has 0 aliphatic heterocycles. The topological polar surface area (TPSA) is 49.4 Å². The summed E-state index contributed by atoms with van der Waals surface area (Å²) in [5.41, 5.74) is 4.09. The normalized spacial score (nSPS) is 12.9. The smallest absolute Gasteiger partial charge is 0.243 e. The first-order chi connectivity index (χ1) is 14.7. The Morgan fingerprint density at radius 1 is 0.935 bits per heavy atom. The lowest BCUT2D eigenvalue weighted by molar-refractivity contribution is -0.141. The highest BCUT2D eigenvalue weighted by molar-refractivity contribution is 6.42. The summed E-state index contributed by atoms with van der Waals surface area (Å²) in [6.45, 7) is 10.3. The summed E-state index contributed by atoms with van der Waals surface area (Å²) in [4.78, 5) is 28.1. The van der Waals surface area contributed by atoms with E-state index in [9.17, 15) is 9.59 Å². The molecule has 168 valence electrons. The number of hydrogen-bond donors (Lipinski definition) is 1. The summed E-state index contributed by atoms with van der Waals surface area (Å²) in [7, 11) is 0. The number of amides is 2. The van der Waals surface area contributed by atoms with E-state index in [1.54, 1.807) is 17.0 Å². The third-order valence-corrected chi connectivity index (χ3v) is 6.39. The van der Waals surface area contributed by atoms with Gasteiger partial charge in [0.15, 0.2) is 0 Å². The molecule has 2 aromatic rings. The SMILES string of the molecule is CCC(C)NC(=O)C(CC)N(Cc1ccc(Cl)c(Cl)c1)C(=O)Cc1ccc(C)c(C)c1. The third-order valence-electron chi connectivity index (χ3n) is 5.65. The third kappa shape index (κ3) is 6.98. The van der Waals surface area contributed by atoms with E-state index in [4.69, 9.17) is 23.2 Å². The number of carbonyl (C=O) groups is 2. The fourth-order valence-corrected chi connectivity index (χ4v) is 3.71. The summed E-state index contributed by atoms with van der Waals surface area (Å²) in [5.74, 6) is -0.231. The van der Waals surface area contributed by atoms with Gasteiger partial charge < -0.3 is 10.2 Å². The summed E-state index contributed by atoms with van der Waals surface area (Å²) in [6, 6.07) is 10.8. The molecule has 2 atom stereocenters. The zero-order valence-electron chi connectivity index (χ0n) is 19.0. The van der Waals surface area contributed by atoms with Crippen molar-refractivity contribution in [3.05, 3.63) is 68.7 Å². The van der Waals surface area contributed by atoms with E-state index in [2.05, 4.69) is 5.32 Å². The maximum Gasteiger partial charge on any atom is 0.243 e. The molecule has 0 bridgehead atoms. The van der Waals surface area contributed by atoms with E-state index in [1.807, 2.05) is 58.9 Å².